The first-order chi connectivity index (χ1) is 29.3. The van der Waals surface area contributed by atoms with Crippen molar-refractivity contribution in [3.63, 3.8) is 0 Å². The highest BCUT2D eigenvalue weighted by Crippen LogP contribution is 2.30. The van der Waals surface area contributed by atoms with Crippen LogP contribution in [0.1, 0.15) is 54.2 Å². The zero-order valence-electron chi connectivity index (χ0n) is 35.4. The van der Waals surface area contributed by atoms with E-state index in [1.54, 1.807) is 4.90 Å². The van der Waals surface area contributed by atoms with Crippen LogP contribution in [0.25, 0.3) is 6.08 Å². The quantitative estimate of drug-likeness (QED) is 0.118. The molecule has 2 aliphatic rings. The van der Waals surface area contributed by atoms with Gasteiger partial charge < -0.3 is 19.6 Å². The molecule has 2 heterocycles. The number of hydrogen-bond donors (Lipinski definition) is 0. The smallest absolute Gasteiger partial charge is 0.368 e. The van der Waals surface area contributed by atoms with Crippen molar-refractivity contribution in [3.8, 4) is 0 Å². The second-order valence-corrected chi connectivity index (χ2v) is 17.1. The van der Waals surface area contributed by atoms with Gasteiger partial charge in [0.1, 0.15) is 6.04 Å². The fourth-order valence-electron chi connectivity index (χ4n) is 8.13. The molecule has 0 aromatic heterocycles. The van der Waals surface area contributed by atoms with Gasteiger partial charge in [0.2, 0.25) is 11.8 Å². The minimum absolute atomic E-state index is 0.0556. The van der Waals surface area contributed by atoms with Crippen LogP contribution in [-0.4, -0.2) is 84.9 Å². The molecule has 0 unspecified atom stereocenters. The number of amides is 2. The third-order valence-corrected chi connectivity index (χ3v) is 11.8. The molecule has 0 spiro atoms. The van der Waals surface area contributed by atoms with Crippen molar-refractivity contribution in [2.24, 2.45) is 0 Å². The van der Waals surface area contributed by atoms with Gasteiger partial charge in [0.05, 0.1) is 5.56 Å². The van der Waals surface area contributed by atoms with Gasteiger partial charge in [-0.3, -0.25) is 14.5 Å². The van der Waals surface area contributed by atoms with Crippen LogP contribution in [0.2, 0.25) is 0 Å². The molecule has 2 saturated heterocycles. The normalized spacial score (nSPS) is 15.9. The van der Waals surface area contributed by atoms with Crippen LogP contribution in [0.15, 0.2) is 140 Å². The number of carbonyl (C=O) groups excluding carboxylic acids is 2. The highest BCUT2D eigenvalue weighted by Gasteiger charge is 2.35. The summed E-state index contributed by atoms with van der Waals surface area (Å²) in [5.41, 5.74) is 6.15. The molecular weight excluding hydrogens is 772 g/mol. The summed E-state index contributed by atoms with van der Waals surface area (Å²) in [5, 5.41) is 0. The van der Waals surface area contributed by atoms with Gasteiger partial charge in [-0.2, -0.15) is 13.2 Å². The molecule has 1 atom stereocenters. The molecule has 0 radical (unpaired) electrons. The van der Waals surface area contributed by atoms with Crippen molar-refractivity contribution in [2.45, 2.75) is 57.9 Å². The molecule has 2 amide bonds. The number of halogens is 3. The average molecular weight is 828 g/mol. The summed E-state index contributed by atoms with van der Waals surface area (Å²) in [6, 6.07) is 41.1. The molecule has 61 heavy (non-hydrogen) atoms. The number of rotatable bonds is 12. The minimum Gasteiger partial charge on any atom is -0.368 e. The van der Waals surface area contributed by atoms with E-state index in [1.165, 1.54) is 41.1 Å². The maximum absolute atomic E-state index is 14.9. The van der Waals surface area contributed by atoms with Crippen molar-refractivity contribution in [3.05, 3.63) is 173 Å². The first-order valence-electron chi connectivity index (χ1n) is 21.2. The molecule has 7 rings (SSSR count). The van der Waals surface area contributed by atoms with Crippen LogP contribution in [0.5, 0.6) is 0 Å². The lowest BCUT2D eigenvalue weighted by Gasteiger charge is -2.39. The van der Waals surface area contributed by atoms with Crippen LogP contribution in [-0.2, 0) is 40.7 Å². The van der Waals surface area contributed by atoms with Gasteiger partial charge in [-0.1, -0.05) is 118 Å². The Morgan fingerprint density at radius 3 is 1.69 bits per heavy atom. The summed E-state index contributed by atoms with van der Waals surface area (Å²) >= 11 is 0. The van der Waals surface area contributed by atoms with Crippen LogP contribution in [0.4, 0.5) is 24.5 Å². The molecule has 10 heteroatoms. The molecule has 0 saturated carbocycles. The lowest BCUT2D eigenvalue weighted by Crippen LogP contribution is -2.56. The van der Waals surface area contributed by atoms with E-state index in [9.17, 15) is 22.8 Å². The molecule has 5 aromatic carbocycles. The van der Waals surface area contributed by atoms with Gasteiger partial charge in [0.15, 0.2) is 0 Å². The number of alkyl halides is 3. The van der Waals surface area contributed by atoms with Gasteiger partial charge >= 0.3 is 6.18 Å². The van der Waals surface area contributed by atoms with E-state index in [2.05, 4.69) is 96.1 Å². The summed E-state index contributed by atoms with van der Waals surface area (Å²) in [5.74, 6) is -0.517. The zero-order valence-corrected chi connectivity index (χ0v) is 35.4. The maximum atomic E-state index is 14.9. The van der Waals surface area contributed by atoms with Gasteiger partial charge in [-0.15, -0.1) is 0 Å². The molecule has 2 aliphatic heterocycles. The monoisotopic (exact) mass is 827 g/mol. The molecule has 0 bridgehead atoms. The van der Waals surface area contributed by atoms with Gasteiger partial charge in [0, 0.05) is 89.3 Å². The van der Waals surface area contributed by atoms with Crippen LogP contribution in [0.3, 0.4) is 0 Å². The Kier molecular flexibility index (Phi) is 13.6. The summed E-state index contributed by atoms with van der Waals surface area (Å²) < 4.78 is 40.0. The predicted molar refractivity (Wildman–Crippen MR) is 239 cm³/mol. The number of nitrogens with zero attached hydrogens (tertiary/aromatic N) is 5. The molecule has 0 N–H and O–H groups in total. The topological polar surface area (TPSA) is 50.3 Å². The summed E-state index contributed by atoms with van der Waals surface area (Å²) in [6.45, 7) is 13.5. The zero-order chi connectivity index (χ0) is 43.0. The largest absolute Gasteiger partial charge is 0.416 e. The minimum atomic E-state index is -4.47. The fourth-order valence-corrected chi connectivity index (χ4v) is 8.13. The van der Waals surface area contributed by atoms with E-state index in [0.29, 0.717) is 38.2 Å². The predicted octanol–water partition coefficient (Wildman–Crippen LogP) is 9.33. The van der Waals surface area contributed by atoms with E-state index in [0.717, 1.165) is 61.7 Å². The Labute approximate surface area is 358 Å². The van der Waals surface area contributed by atoms with Crippen molar-refractivity contribution >= 4 is 29.3 Å². The molecule has 318 valence electrons. The number of carbonyl (C=O) groups is 2. The van der Waals surface area contributed by atoms with Crippen molar-refractivity contribution in [1.82, 2.24) is 14.7 Å². The Hall–Kier alpha value is -5.87. The molecule has 7 nitrogen and oxygen atoms in total. The number of benzene rings is 5. The van der Waals surface area contributed by atoms with Crippen LogP contribution >= 0.6 is 0 Å². The molecule has 0 aliphatic carbocycles. The maximum Gasteiger partial charge on any atom is 0.416 e. The second-order valence-electron chi connectivity index (χ2n) is 17.1. The number of para-hydroxylation sites is 1. The molecule has 2 fully saturated rings. The van der Waals surface area contributed by atoms with E-state index in [4.69, 9.17) is 0 Å². The van der Waals surface area contributed by atoms with E-state index < -0.39 is 23.7 Å². The fraction of sp³-hybridized carbons (Fsp3) is 0.333. The van der Waals surface area contributed by atoms with Gasteiger partial charge in [-0.25, -0.2) is 0 Å². The Balaban J connectivity index is 1.15. The first-order valence-corrected chi connectivity index (χ1v) is 21.2. The Morgan fingerprint density at radius 2 is 1.13 bits per heavy atom. The summed E-state index contributed by atoms with van der Waals surface area (Å²) in [7, 11) is 0. The van der Waals surface area contributed by atoms with Crippen LogP contribution < -0.4 is 9.80 Å². The van der Waals surface area contributed by atoms with E-state index in [1.807, 2.05) is 53.4 Å². The third kappa shape index (κ3) is 11.5. The SMILES string of the molecule is CC(C)(C)c1ccc(C[C@@H](C(=O)N2CCN(Cc3ccccc3)CC2)N(Cc2ccc(N3CCN(c4ccccc4)CC3)cc2)C(=O)/C=C/c2ccc(C(F)(F)F)cc2)cc1. The molecule has 5 aromatic rings. The summed E-state index contributed by atoms with van der Waals surface area (Å²) in [6.07, 6.45) is -1.26. The Morgan fingerprint density at radius 1 is 0.607 bits per heavy atom. The molecular formula is C51H56F3N5O2. The third-order valence-electron chi connectivity index (χ3n) is 11.8. The van der Waals surface area contributed by atoms with E-state index >= 15 is 0 Å². The number of hydrogen-bond acceptors (Lipinski definition) is 5. The van der Waals surface area contributed by atoms with E-state index in [-0.39, 0.29) is 17.9 Å². The highest BCUT2D eigenvalue weighted by molar-refractivity contribution is 5.96. The van der Waals surface area contributed by atoms with Gasteiger partial charge in [0.25, 0.3) is 0 Å². The van der Waals surface area contributed by atoms with Crippen LogP contribution in [0, 0.1) is 0 Å². The Bertz CT molecular complexity index is 2210. The summed E-state index contributed by atoms with van der Waals surface area (Å²) in [4.78, 5) is 40.1. The lowest BCUT2D eigenvalue weighted by molar-refractivity contribution is -0.145. The number of anilines is 2. The standard InChI is InChI=1S/C51H56F3N5O2/c1-50(2,3)43-21-16-40(17-22-43)36-47(49(61)58-30-28-55(29-31-58)37-41-10-6-4-7-11-41)59(48(60)27-20-39-14-23-44(24-15-39)51(52,53)54)38-42-18-25-46(26-19-42)57-34-32-56(33-35-57)45-12-8-5-9-13-45/h4-27,47H,28-38H2,1-3H3/b27-20+/t47-/m0/s1. The highest BCUT2D eigenvalue weighted by atomic mass is 19.4. The number of piperazine rings is 2. The van der Waals surface area contributed by atoms with Gasteiger partial charge in [-0.05, 0) is 75.7 Å². The lowest BCUT2D eigenvalue weighted by atomic mass is 9.86. The van der Waals surface area contributed by atoms with Crippen molar-refractivity contribution < 1.29 is 22.8 Å². The average Bonchev–Trinajstić information content (AvgIpc) is 3.27. The second kappa shape index (κ2) is 19.2. The first kappa shape index (κ1) is 43.2. The van der Waals surface area contributed by atoms with Crippen molar-refractivity contribution in [1.29, 1.82) is 0 Å². The van der Waals surface area contributed by atoms with Crippen molar-refractivity contribution in [2.75, 3.05) is 62.2 Å².